The van der Waals surface area contributed by atoms with Crippen LogP contribution in [0.2, 0.25) is 10.0 Å². The molecule has 0 aliphatic rings. The summed E-state index contributed by atoms with van der Waals surface area (Å²) in [5.74, 6) is 0.845. The minimum absolute atomic E-state index is 0.231. The van der Waals surface area contributed by atoms with Crippen LogP contribution < -0.4 is 10.5 Å². The molecule has 0 unspecified atom stereocenters. The van der Waals surface area contributed by atoms with E-state index in [1.54, 1.807) is 22.9 Å². The first kappa shape index (κ1) is 17.6. The molecule has 25 heavy (non-hydrogen) atoms. The van der Waals surface area contributed by atoms with Crippen molar-refractivity contribution in [3.05, 3.63) is 56.1 Å². The maximum Gasteiger partial charge on any atom is 0.434 e. The van der Waals surface area contributed by atoms with Crippen molar-refractivity contribution < 1.29 is 9.15 Å². The van der Waals surface area contributed by atoms with Crippen molar-refractivity contribution in [3.8, 4) is 11.5 Å². The number of aryl methyl sites for hydroxylation is 1. The monoisotopic (exact) mass is 382 g/mol. The molecule has 132 valence electrons. The zero-order valence-electron chi connectivity index (χ0n) is 13.7. The third-order valence-corrected chi connectivity index (χ3v) is 4.01. The van der Waals surface area contributed by atoms with Gasteiger partial charge in [0.1, 0.15) is 18.0 Å². The summed E-state index contributed by atoms with van der Waals surface area (Å²) in [6.07, 6.45) is 1.35. The summed E-state index contributed by atoms with van der Waals surface area (Å²) in [6, 6.07) is 5.02. The molecule has 0 aliphatic carbocycles. The van der Waals surface area contributed by atoms with Crippen LogP contribution >= 0.6 is 23.2 Å². The van der Waals surface area contributed by atoms with E-state index in [4.69, 9.17) is 32.4 Å². The van der Waals surface area contributed by atoms with Crippen LogP contribution in [-0.2, 0) is 19.4 Å². The second-order valence-electron chi connectivity index (χ2n) is 5.30. The number of hydrogen-bond donors (Lipinski definition) is 1. The Morgan fingerprint density at radius 3 is 2.48 bits per heavy atom. The van der Waals surface area contributed by atoms with Crippen LogP contribution in [0, 0.1) is 0 Å². The zero-order chi connectivity index (χ0) is 18.0. The smallest absolute Gasteiger partial charge is 0.434 e. The second kappa shape index (κ2) is 7.33. The van der Waals surface area contributed by atoms with Crippen molar-refractivity contribution in [2.75, 3.05) is 0 Å². The fourth-order valence-electron chi connectivity index (χ4n) is 2.52. The van der Waals surface area contributed by atoms with E-state index >= 15 is 0 Å². The van der Waals surface area contributed by atoms with Crippen LogP contribution in [0.1, 0.15) is 31.1 Å². The molecule has 0 radical (unpaired) electrons. The van der Waals surface area contributed by atoms with Gasteiger partial charge in [0.05, 0.1) is 5.69 Å². The molecule has 0 bridgehead atoms. The van der Waals surface area contributed by atoms with Gasteiger partial charge in [-0.2, -0.15) is 5.10 Å². The minimum Gasteiger partial charge on any atom is -0.453 e. The van der Waals surface area contributed by atoms with Crippen molar-refractivity contribution in [1.82, 2.24) is 20.0 Å². The number of nitrogens with one attached hydrogen (secondary N) is 1. The molecular weight excluding hydrogens is 367 g/mol. The van der Waals surface area contributed by atoms with Crippen LogP contribution in [0.15, 0.2) is 27.4 Å². The molecule has 9 heteroatoms. The topological polar surface area (TPSA) is 85.9 Å². The SMILES string of the molecule is CCc1nn(Cc2n[nH]c(=O)o2)c(CC)c1Oc1cc(Cl)cc(Cl)c1. The largest absolute Gasteiger partial charge is 0.453 e. The fraction of sp³-hybridized carbons (Fsp3) is 0.312. The van der Waals surface area contributed by atoms with E-state index in [9.17, 15) is 4.79 Å². The Balaban J connectivity index is 1.98. The van der Waals surface area contributed by atoms with E-state index in [0.717, 1.165) is 11.4 Å². The van der Waals surface area contributed by atoms with E-state index in [2.05, 4.69) is 15.3 Å². The summed E-state index contributed by atoms with van der Waals surface area (Å²) in [5.41, 5.74) is 1.64. The van der Waals surface area contributed by atoms with Gasteiger partial charge in [-0.15, -0.1) is 5.10 Å². The van der Waals surface area contributed by atoms with Gasteiger partial charge in [0.25, 0.3) is 0 Å². The second-order valence-corrected chi connectivity index (χ2v) is 6.17. The van der Waals surface area contributed by atoms with Gasteiger partial charge in [-0.3, -0.25) is 4.68 Å². The Bertz CT molecular complexity index is 925. The van der Waals surface area contributed by atoms with Crippen LogP contribution in [0.3, 0.4) is 0 Å². The number of nitrogens with zero attached hydrogens (tertiary/aromatic N) is 3. The predicted molar refractivity (Wildman–Crippen MR) is 93.7 cm³/mol. The Morgan fingerprint density at radius 2 is 1.92 bits per heavy atom. The molecule has 2 heterocycles. The summed E-state index contributed by atoms with van der Waals surface area (Å²) in [7, 11) is 0. The summed E-state index contributed by atoms with van der Waals surface area (Å²) >= 11 is 12.1. The Morgan fingerprint density at radius 1 is 1.20 bits per heavy atom. The van der Waals surface area contributed by atoms with Crippen LogP contribution in [0.25, 0.3) is 0 Å². The molecule has 7 nitrogen and oxygen atoms in total. The van der Waals surface area contributed by atoms with E-state index < -0.39 is 5.76 Å². The van der Waals surface area contributed by atoms with E-state index in [1.165, 1.54) is 0 Å². The predicted octanol–water partition coefficient (Wildman–Crippen LogP) is 3.83. The summed E-state index contributed by atoms with van der Waals surface area (Å²) in [5, 5.41) is 11.6. The van der Waals surface area contributed by atoms with Gasteiger partial charge >= 0.3 is 5.76 Å². The van der Waals surface area contributed by atoms with Crippen LogP contribution in [0.4, 0.5) is 0 Å². The lowest BCUT2D eigenvalue weighted by molar-refractivity contribution is 0.432. The minimum atomic E-state index is -0.596. The molecule has 3 aromatic rings. The van der Waals surface area contributed by atoms with Crippen molar-refractivity contribution in [2.45, 2.75) is 33.2 Å². The first-order chi connectivity index (χ1) is 12.0. The first-order valence-corrected chi connectivity index (χ1v) is 8.52. The van der Waals surface area contributed by atoms with Gasteiger partial charge in [0, 0.05) is 10.0 Å². The molecular formula is C16H16Cl2N4O3. The number of benzene rings is 1. The highest BCUT2D eigenvalue weighted by Crippen LogP contribution is 2.33. The maximum absolute atomic E-state index is 11.1. The third kappa shape index (κ3) is 3.88. The number of hydrogen-bond acceptors (Lipinski definition) is 5. The highest BCUT2D eigenvalue weighted by atomic mass is 35.5. The van der Waals surface area contributed by atoms with Gasteiger partial charge < -0.3 is 9.15 Å². The highest BCUT2D eigenvalue weighted by molar-refractivity contribution is 6.34. The lowest BCUT2D eigenvalue weighted by atomic mass is 10.2. The molecule has 3 rings (SSSR count). The van der Waals surface area contributed by atoms with Gasteiger partial charge in [0.15, 0.2) is 5.75 Å². The van der Waals surface area contributed by atoms with Gasteiger partial charge in [-0.1, -0.05) is 37.0 Å². The lowest BCUT2D eigenvalue weighted by Crippen LogP contribution is -2.06. The average molecular weight is 383 g/mol. The Labute approximate surface area is 153 Å². The maximum atomic E-state index is 11.1. The van der Waals surface area contributed by atoms with Crippen LogP contribution in [-0.4, -0.2) is 20.0 Å². The number of ether oxygens (including phenoxy) is 1. The number of aromatic amines is 1. The summed E-state index contributed by atoms with van der Waals surface area (Å²) < 4.78 is 12.7. The molecule has 0 aliphatic heterocycles. The quantitative estimate of drug-likeness (QED) is 0.699. The fourth-order valence-corrected chi connectivity index (χ4v) is 3.03. The molecule has 0 saturated carbocycles. The van der Waals surface area contributed by atoms with Gasteiger partial charge in [0.2, 0.25) is 5.89 Å². The molecule has 0 fully saturated rings. The molecule has 0 saturated heterocycles. The third-order valence-electron chi connectivity index (χ3n) is 3.57. The first-order valence-electron chi connectivity index (χ1n) is 7.77. The van der Waals surface area contributed by atoms with Crippen LogP contribution in [0.5, 0.6) is 11.5 Å². The highest BCUT2D eigenvalue weighted by Gasteiger charge is 2.19. The number of halogens is 2. The average Bonchev–Trinajstić information content (AvgIpc) is 3.10. The molecule has 1 aromatic carbocycles. The van der Waals surface area contributed by atoms with E-state index in [1.807, 2.05) is 13.8 Å². The zero-order valence-corrected chi connectivity index (χ0v) is 15.2. The van der Waals surface area contributed by atoms with Crippen molar-refractivity contribution in [3.63, 3.8) is 0 Å². The standard InChI is InChI=1S/C16H16Cl2N4O3/c1-3-12-15(24-11-6-9(17)5-10(18)7-11)13(4-2)22(21-12)8-14-19-20-16(23)25-14/h5-7H,3-4,8H2,1-2H3,(H,20,23). The van der Waals surface area contributed by atoms with Crippen molar-refractivity contribution >= 4 is 23.2 Å². The van der Waals surface area contributed by atoms with E-state index in [0.29, 0.717) is 34.4 Å². The normalized spacial score (nSPS) is 11.0. The molecule has 2 aromatic heterocycles. The van der Waals surface area contributed by atoms with Gasteiger partial charge in [-0.05, 0) is 31.0 Å². The van der Waals surface area contributed by atoms with Crippen molar-refractivity contribution in [1.29, 1.82) is 0 Å². The number of rotatable bonds is 6. The summed E-state index contributed by atoms with van der Waals surface area (Å²) in [4.78, 5) is 11.1. The number of aromatic nitrogens is 4. The molecule has 0 spiro atoms. The summed E-state index contributed by atoms with van der Waals surface area (Å²) in [6.45, 7) is 4.21. The van der Waals surface area contributed by atoms with Gasteiger partial charge in [-0.25, -0.2) is 9.89 Å². The molecule has 0 atom stereocenters. The molecule has 0 amide bonds. The lowest BCUT2D eigenvalue weighted by Gasteiger charge is -2.09. The Kier molecular flexibility index (Phi) is 5.15. The van der Waals surface area contributed by atoms with Crippen molar-refractivity contribution in [2.24, 2.45) is 0 Å². The van der Waals surface area contributed by atoms with E-state index in [-0.39, 0.29) is 12.4 Å². The Hall–Kier alpha value is -2.25. The number of H-pyrrole nitrogens is 1. The molecule has 1 N–H and O–H groups in total.